The minimum absolute atomic E-state index is 0.382. The second-order valence-corrected chi connectivity index (χ2v) is 6.44. The first-order valence-corrected chi connectivity index (χ1v) is 8.44. The fourth-order valence-corrected chi connectivity index (χ4v) is 3.29. The standard InChI is InChI=1S/C16H20ClN3S/c1-4-18-15-14(11(2)3)16(20-10-19-15)21-9-12-5-7-13(17)8-6-12/h5-8,10-11H,4,9H2,1-3H3,(H,18,19,20). The number of anilines is 1. The van der Waals surface area contributed by atoms with E-state index in [0.29, 0.717) is 5.92 Å². The van der Waals surface area contributed by atoms with Crippen LogP contribution in [0.15, 0.2) is 35.6 Å². The molecule has 1 aromatic heterocycles. The average Bonchev–Trinajstić information content (AvgIpc) is 2.47. The molecule has 1 aromatic carbocycles. The van der Waals surface area contributed by atoms with Crippen LogP contribution < -0.4 is 5.32 Å². The van der Waals surface area contributed by atoms with Crippen LogP contribution in [-0.2, 0) is 5.75 Å². The van der Waals surface area contributed by atoms with Crippen LogP contribution in [0.5, 0.6) is 0 Å². The number of nitrogens with zero attached hydrogens (tertiary/aromatic N) is 2. The molecule has 0 radical (unpaired) electrons. The molecule has 0 aliphatic carbocycles. The first kappa shape index (κ1) is 16.1. The van der Waals surface area contributed by atoms with Gasteiger partial charge in [0.25, 0.3) is 0 Å². The van der Waals surface area contributed by atoms with E-state index in [0.717, 1.165) is 28.2 Å². The Morgan fingerprint density at radius 2 is 1.90 bits per heavy atom. The van der Waals surface area contributed by atoms with E-state index in [4.69, 9.17) is 11.6 Å². The summed E-state index contributed by atoms with van der Waals surface area (Å²) in [5.74, 6) is 2.20. The van der Waals surface area contributed by atoms with Crippen molar-refractivity contribution in [2.24, 2.45) is 0 Å². The zero-order valence-corrected chi connectivity index (χ0v) is 14.1. The third kappa shape index (κ3) is 4.35. The lowest BCUT2D eigenvalue weighted by atomic mass is 10.1. The van der Waals surface area contributed by atoms with Gasteiger partial charge in [-0.25, -0.2) is 9.97 Å². The van der Waals surface area contributed by atoms with Gasteiger partial charge in [-0.3, -0.25) is 0 Å². The average molecular weight is 322 g/mol. The quantitative estimate of drug-likeness (QED) is 0.601. The number of hydrogen-bond donors (Lipinski definition) is 1. The molecule has 0 aliphatic rings. The molecule has 0 amide bonds. The minimum atomic E-state index is 0.382. The molecule has 2 rings (SSSR count). The maximum atomic E-state index is 5.92. The Kier molecular flexibility index (Phi) is 5.88. The van der Waals surface area contributed by atoms with Gasteiger partial charge in [-0.15, -0.1) is 11.8 Å². The molecule has 2 aromatic rings. The molecule has 5 heteroatoms. The summed E-state index contributed by atoms with van der Waals surface area (Å²) < 4.78 is 0. The topological polar surface area (TPSA) is 37.8 Å². The van der Waals surface area contributed by atoms with Gasteiger partial charge < -0.3 is 5.32 Å². The second-order valence-electron chi connectivity index (χ2n) is 5.04. The van der Waals surface area contributed by atoms with Gasteiger partial charge in [0.15, 0.2) is 0 Å². The van der Waals surface area contributed by atoms with Crippen LogP contribution in [0.2, 0.25) is 5.02 Å². The number of benzene rings is 1. The number of thioether (sulfide) groups is 1. The number of aromatic nitrogens is 2. The minimum Gasteiger partial charge on any atom is -0.370 e. The van der Waals surface area contributed by atoms with Crippen molar-refractivity contribution in [3.63, 3.8) is 0 Å². The summed E-state index contributed by atoms with van der Waals surface area (Å²) in [4.78, 5) is 8.83. The largest absolute Gasteiger partial charge is 0.370 e. The SMILES string of the molecule is CCNc1ncnc(SCc2ccc(Cl)cc2)c1C(C)C. The molecule has 0 aliphatic heterocycles. The van der Waals surface area contributed by atoms with E-state index < -0.39 is 0 Å². The Labute approximate surface area is 135 Å². The fraction of sp³-hybridized carbons (Fsp3) is 0.375. The fourth-order valence-electron chi connectivity index (χ4n) is 2.06. The van der Waals surface area contributed by atoms with Crippen molar-refractivity contribution in [1.29, 1.82) is 0 Å². The lowest BCUT2D eigenvalue weighted by molar-refractivity contribution is 0.803. The molecule has 0 bridgehead atoms. The van der Waals surface area contributed by atoms with Crippen LogP contribution in [0.3, 0.4) is 0 Å². The lowest BCUT2D eigenvalue weighted by Gasteiger charge is -2.16. The van der Waals surface area contributed by atoms with E-state index in [1.807, 2.05) is 12.1 Å². The van der Waals surface area contributed by atoms with Crippen molar-refractivity contribution in [3.8, 4) is 0 Å². The predicted molar refractivity (Wildman–Crippen MR) is 91.3 cm³/mol. The number of halogens is 1. The molecule has 0 unspecified atom stereocenters. The first-order chi connectivity index (χ1) is 10.1. The first-order valence-electron chi connectivity index (χ1n) is 7.07. The van der Waals surface area contributed by atoms with Gasteiger partial charge in [-0.2, -0.15) is 0 Å². The Hall–Kier alpha value is -1.26. The van der Waals surface area contributed by atoms with Crippen LogP contribution in [0, 0.1) is 0 Å². The van der Waals surface area contributed by atoms with Crippen molar-refractivity contribution in [2.45, 2.75) is 37.5 Å². The van der Waals surface area contributed by atoms with Crippen LogP contribution >= 0.6 is 23.4 Å². The monoisotopic (exact) mass is 321 g/mol. The van der Waals surface area contributed by atoms with E-state index in [2.05, 4.69) is 48.2 Å². The van der Waals surface area contributed by atoms with Crippen molar-refractivity contribution < 1.29 is 0 Å². The highest BCUT2D eigenvalue weighted by Gasteiger charge is 2.15. The maximum Gasteiger partial charge on any atom is 0.133 e. The third-order valence-electron chi connectivity index (χ3n) is 3.06. The van der Waals surface area contributed by atoms with Crippen molar-refractivity contribution in [2.75, 3.05) is 11.9 Å². The molecule has 0 fully saturated rings. The highest BCUT2D eigenvalue weighted by Crippen LogP contribution is 2.33. The maximum absolute atomic E-state index is 5.92. The highest BCUT2D eigenvalue weighted by molar-refractivity contribution is 7.98. The van der Waals surface area contributed by atoms with Gasteiger partial charge in [-0.1, -0.05) is 37.6 Å². The molecule has 1 heterocycles. The van der Waals surface area contributed by atoms with Gasteiger partial charge in [0.2, 0.25) is 0 Å². The Morgan fingerprint density at radius 3 is 2.52 bits per heavy atom. The smallest absolute Gasteiger partial charge is 0.133 e. The Bertz CT molecular complexity index is 585. The van der Waals surface area contributed by atoms with Crippen LogP contribution in [0.4, 0.5) is 5.82 Å². The van der Waals surface area contributed by atoms with Gasteiger partial charge in [0.05, 0.1) is 0 Å². The zero-order chi connectivity index (χ0) is 15.2. The summed E-state index contributed by atoms with van der Waals surface area (Å²) in [6, 6.07) is 7.95. The van der Waals surface area contributed by atoms with Crippen LogP contribution in [0.1, 0.15) is 37.8 Å². The molecule has 0 spiro atoms. The second kappa shape index (κ2) is 7.66. The van der Waals surface area contributed by atoms with Gasteiger partial charge in [0.1, 0.15) is 17.2 Å². The normalized spacial score (nSPS) is 10.9. The summed E-state index contributed by atoms with van der Waals surface area (Å²) in [5.41, 5.74) is 2.43. The van der Waals surface area contributed by atoms with E-state index in [9.17, 15) is 0 Å². The van der Waals surface area contributed by atoms with E-state index in [1.165, 1.54) is 11.1 Å². The van der Waals surface area contributed by atoms with Crippen LogP contribution in [-0.4, -0.2) is 16.5 Å². The molecular weight excluding hydrogens is 302 g/mol. The third-order valence-corrected chi connectivity index (χ3v) is 4.39. The van der Waals surface area contributed by atoms with Gasteiger partial charge >= 0.3 is 0 Å². The van der Waals surface area contributed by atoms with E-state index in [1.54, 1.807) is 18.1 Å². The summed E-state index contributed by atoms with van der Waals surface area (Å²) in [6.45, 7) is 7.28. The number of rotatable bonds is 6. The van der Waals surface area contributed by atoms with Gasteiger partial charge in [0, 0.05) is 22.9 Å². The number of nitrogens with one attached hydrogen (secondary N) is 1. The highest BCUT2D eigenvalue weighted by atomic mass is 35.5. The lowest BCUT2D eigenvalue weighted by Crippen LogP contribution is -2.07. The molecule has 0 saturated carbocycles. The van der Waals surface area contributed by atoms with Crippen molar-refractivity contribution in [3.05, 3.63) is 46.7 Å². The molecule has 21 heavy (non-hydrogen) atoms. The molecule has 0 atom stereocenters. The van der Waals surface area contributed by atoms with Crippen molar-refractivity contribution in [1.82, 2.24) is 9.97 Å². The van der Waals surface area contributed by atoms with E-state index >= 15 is 0 Å². The summed E-state index contributed by atoms with van der Waals surface area (Å²) in [6.07, 6.45) is 1.63. The van der Waals surface area contributed by atoms with Crippen LogP contribution in [0.25, 0.3) is 0 Å². The van der Waals surface area contributed by atoms with Gasteiger partial charge in [-0.05, 0) is 30.5 Å². The molecular formula is C16H20ClN3S. The van der Waals surface area contributed by atoms with E-state index in [-0.39, 0.29) is 0 Å². The zero-order valence-electron chi connectivity index (χ0n) is 12.6. The molecule has 3 nitrogen and oxygen atoms in total. The molecule has 112 valence electrons. The molecule has 1 N–H and O–H groups in total. The summed E-state index contributed by atoms with van der Waals surface area (Å²) >= 11 is 7.66. The molecule has 0 saturated heterocycles. The number of hydrogen-bond acceptors (Lipinski definition) is 4. The Balaban J connectivity index is 2.19. The predicted octanol–water partition coefficient (Wildman–Crippen LogP) is 4.98. The van der Waals surface area contributed by atoms with Crippen molar-refractivity contribution >= 4 is 29.2 Å². The Morgan fingerprint density at radius 1 is 1.19 bits per heavy atom. The summed E-state index contributed by atoms with van der Waals surface area (Å²) in [5, 5.41) is 5.14. The summed E-state index contributed by atoms with van der Waals surface area (Å²) in [7, 11) is 0.